The van der Waals surface area contributed by atoms with Gasteiger partial charge in [0, 0.05) is 20.7 Å². The van der Waals surface area contributed by atoms with Crippen LogP contribution in [-0.4, -0.2) is 26.6 Å². The lowest BCUT2D eigenvalue weighted by Gasteiger charge is -2.15. The number of phenolic OH excluding ortho intramolecular Hbond substituents is 1. The number of fused-ring (bicyclic) bond motifs is 1. The van der Waals surface area contributed by atoms with E-state index in [0.717, 1.165) is 6.04 Å². The van der Waals surface area contributed by atoms with Crippen molar-refractivity contribution in [3.63, 3.8) is 0 Å². The second-order valence-corrected chi connectivity index (χ2v) is 13.3. The van der Waals surface area contributed by atoms with Crippen molar-refractivity contribution in [2.75, 3.05) is 13.4 Å². The highest BCUT2D eigenvalue weighted by Gasteiger charge is 2.12. The number of hydrogen-bond acceptors (Lipinski definition) is 5. The lowest BCUT2D eigenvalue weighted by Crippen LogP contribution is -2.22. The maximum absolute atomic E-state index is 12.7. The summed E-state index contributed by atoms with van der Waals surface area (Å²) in [7, 11) is -1.11. The van der Waals surface area contributed by atoms with E-state index in [1.807, 2.05) is 0 Å². The maximum atomic E-state index is 12.7. The van der Waals surface area contributed by atoms with Crippen LogP contribution in [-0.2, 0) is 4.74 Å². The molecule has 1 heterocycles. The van der Waals surface area contributed by atoms with E-state index >= 15 is 0 Å². The molecule has 3 rings (SSSR count). The van der Waals surface area contributed by atoms with Crippen molar-refractivity contribution < 1.29 is 19.0 Å². The molecule has 0 spiro atoms. The van der Waals surface area contributed by atoms with Crippen LogP contribution >= 0.6 is 0 Å². The van der Waals surface area contributed by atoms with Crippen molar-refractivity contribution in [1.82, 2.24) is 0 Å². The molecule has 0 fully saturated rings. The largest absolute Gasteiger partial charge is 0.508 e. The molecule has 27 heavy (non-hydrogen) atoms. The highest BCUT2D eigenvalue weighted by molar-refractivity contribution is 6.76. The van der Waals surface area contributed by atoms with Crippen LogP contribution in [0.1, 0.15) is 0 Å². The SMILES string of the molecule is C[Si](C)(C)CCOCOc1ccc2c(=O)c(-c3ccc(O)cc3)coc2c1. The molecule has 0 amide bonds. The summed E-state index contributed by atoms with van der Waals surface area (Å²) in [5.41, 5.74) is 1.48. The summed E-state index contributed by atoms with van der Waals surface area (Å²) in [5, 5.41) is 9.87. The van der Waals surface area contributed by atoms with Gasteiger partial charge in [0.25, 0.3) is 0 Å². The summed E-state index contributed by atoms with van der Waals surface area (Å²) in [6, 6.07) is 12.7. The van der Waals surface area contributed by atoms with Crippen LogP contribution in [0, 0.1) is 0 Å². The molecule has 5 nitrogen and oxygen atoms in total. The van der Waals surface area contributed by atoms with Crippen molar-refractivity contribution >= 4 is 19.0 Å². The summed E-state index contributed by atoms with van der Waals surface area (Å²) < 4.78 is 16.8. The predicted molar refractivity (Wildman–Crippen MR) is 109 cm³/mol. The van der Waals surface area contributed by atoms with Gasteiger partial charge in [0.2, 0.25) is 0 Å². The first-order chi connectivity index (χ1) is 12.8. The maximum Gasteiger partial charge on any atom is 0.200 e. The Morgan fingerprint density at radius 3 is 2.52 bits per heavy atom. The average molecular weight is 385 g/mol. The monoisotopic (exact) mass is 384 g/mol. The zero-order chi connectivity index (χ0) is 19.4. The van der Waals surface area contributed by atoms with E-state index < -0.39 is 8.07 Å². The first kappa shape index (κ1) is 19.2. The number of phenols is 1. The lowest BCUT2D eigenvalue weighted by molar-refractivity contribution is 0.0221. The molecule has 0 unspecified atom stereocenters. The van der Waals surface area contributed by atoms with Gasteiger partial charge in [-0.2, -0.15) is 0 Å². The molecule has 2 aromatic carbocycles. The first-order valence-electron chi connectivity index (χ1n) is 8.89. The van der Waals surface area contributed by atoms with Crippen molar-refractivity contribution in [2.24, 2.45) is 0 Å². The van der Waals surface area contributed by atoms with E-state index in [2.05, 4.69) is 19.6 Å². The molecule has 0 saturated carbocycles. The van der Waals surface area contributed by atoms with Crippen molar-refractivity contribution in [3.8, 4) is 22.6 Å². The molecule has 1 N–H and O–H groups in total. The van der Waals surface area contributed by atoms with Crippen LogP contribution < -0.4 is 10.2 Å². The van der Waals surface area contributed by atoms with Crippen molar-refractivity contribution in [1.29, 1.82) is 0 Å². The van der Waals surface area contributed by atoms with Gasteiger partial charge in [-0.15, -0.1) is 0 Å². The summed E-state index contributed by atoms with van der Waals surface area (Å²) in [5.74, 6) is 0.744. The molecule has 1 aromatic heterocycles. The lowest BCUT2D eigenvalue weighted by atomic mass is 10.1. The van der Waals surface area contributed by atoms with Gasteiger partial charge in [-0.1, -0.05) is 31.8 Å². The molecule has 0 atom stereocenters. The summed E-state index contributed by atoms with van der Waals surface area (Å²) in [4.78, 5) is 12.7. The van der Waals surface area contributed by atoms with E-state index in [4.69, 9.17) is 13.9 Å². The van der Waals surface area contributed by atoms with Crippen LogP contribution in [0.15, 0.2) is 57.9 Å². The van der Waals surface area contributed by atoms with Crippen molar-refractivity contribution in [3.05, 3.63) is 59.0 Å². The quantitative estimate of drug-likeness (QED) is 0.358. The molecule has 6 heteroatoms. The van der Waals surface area contributed by atoms with Crippen LogP contribution in [0.4, 0.5) is 0 Å². The van der Waals surface area contributed by atoms with E-state index in [-0.39, 0.29) is 18.0 Å². The minimum atomic E-state index is -1.11. The van der Waals surface area contributed by atoms with E-state index in [9.17, 15) is 9.90 Å². The first-order valence-corrected chi connectivity index (χ1v) is 12.6. The standard InChI is InChI=1S/C21H24O5Si/c1-27(2,3)11-10-24-14-26-17-8-9-18-20(12-17)25-13-19(21(18)23)15-4-6-16(22)7-5-15/h4-9,12-13,22H,10-11,14H2,1-3H3. The van der Waals surface area contributed by atoms with E-state index in [0.29, 0.717) is 34.5 Å². The Hall–Kier alpha value is -2.57. The molecule has 3 aromatic rings. The van der Waals surface area contributed by atoms with E-state index in [1.54, 1.807) is 30.3 Å². The zero-order valence-corrected chi connectivity index (χ0v) is 16.8. The van der Waals surface area contributed by atoms with Gasteiger partial charge < -0.3 is 19.0 Å². The topological polar surface area (TPSA) is 68.9 Å². The minimum Gasteiger partial charge on any atom is -0.508 e. The predicted octanol–water partition coefficient (Wildman–Crippen LogP) is 4.86. The number of rotatable bonds is 7. The highest BCUT2D eigenvalue weighted by atomic mass is 28.3. The fraction of sp³-hybridized carbons (Fsp3) is 0.286. The molecule has 142 valence electrons. The molecule has 0 saturated heterocycles. The molecular formula is C21H24O5Si. The van der Waals surface area contributed by atoms with E-state index in [1.165, 1.54) is 18.4 Å². The Morgan fingerprint density at radius 1 is 1.07 bits per heavy atom. The van der Waals surface area contributed by atoms with Crippen LogP contribution in [0.25, 0.3) is 22.1 Å². The Kier molecular flexibility index (Phi) is 5.67. The van der Waals surface area contributed by atoms with Crippen LogP contribution in [0.5, 0.6) is 11.5 Å². The molecule has 0 aliphatic heterocycles. The smallest absolute Gasteiger partial charge is 0.200 e. The van der Waals surface area contributed by atoms with Gasteiger partial charge in [-0.05, 0) is 35.9 Å². The molecule has 0 aliphatic carbocycles. The fourth-order valence-corrected chi connectivity index (χ4v) is 3.34. The average Bonchev–Trinajstić information content (AvgIpc) is 2.62. The molecule has 0 bridgehead atoms. The Labute approximate surface area is 159 Å². The van der Waals surface area contributed by atoms with Gasteiger partial charge in [0.05, 0.1) is 10.9 Å². The Bertz CT molecular complexity index is 971. The van der Waals surface area contributed by atoms with Gasteiger partial charge in [0.15, 0.2) is 12.2 Å². The van der Waals surface area contributed by atoms with Gasteiger partial charge in [-0.3, -0.25) is 4.79 Å². The third-order valence-electron chi connectivity index (χ3n) is 4.23. The normalized spacial score (nSPS) is 11.7. The number of aromatic hydroxyl groups is 1. The molecule has 0 aliphatic rings. The van der Waals surface area contributed by atoms with Gasteiger partial charge in [-0.25, -0.2) is 0 Å². The fourth-order valence-electron chi connectivity index (χ4n) is 2.59. The highest BCUT2D eigenvalue weighted by Crippen LogP contribution is 2.24. The molecule has 0 radical (unpaired) electrons. The van der Waals surface area contributed by atoms with Gasteiger partial charge in [0.1, 0.15) is 23.3 Å². The van der Waals surface area contributed by atoms with Crippen LogP contribution in [0.2, 0.25) is 25.7 Å². The zero-order valence-electron chi connectivity index (χ0n) is 15.8. The third-order valence-corrected chi connectivity index (χ3v) is 5.93. The van der Waals surface area contributed by atoms with Crippen LogP contribution in [0.3, 0.4) is 0 Å². The second-order valence-electron chi connectivity index (χ2n) is 7.66. The van der Waals surface area contributed by atoms with Gasteiger partial charge >= 0.3 is 0 Å². The Morgan fingerprint density at radius 2 is 1.81 bits per heavy atom. The second kappa shape index (κ2) is 7.98. The summed E-state index contributed by atoms with van der Waals surface area (Å²) in [6.07, 6.45) is 1.44. The molecular weight excluding hydrogens is 360 g/mol. The summed E-state index contributed by atoms with van der Waals surface area (Å²) in [6.45, 7) is 7.76. The van der Waals surface area contributed by atoms with Crippen molar-refractivity contribution in [2.45, 2.75) is 25.7 Å². The number of benzene rings is 2. The minimum absolute atomic E-state index is 0.125. The number of hydrogen-bond donors (Lipinski definition) is 1. The summed E-state index contributed by atoms with van der Waals surface area (Å²) >= 11 is 0. The number of ether oxygens (including phenoxy) is 2. The Balaban J connectivity index is 1.72. The third kappa shape index (κ3) is 4.99.